The Bertz CT molecular complexity index is 427. The smallest absolute Gasteiger partial charge is 0.0601 e. The molecule has 0 aromatic heterocycles. The molecule has 1 aliphatic carbocycles. The highest BCUT2D eigenvalue weighted by Crippen LogP contribution is 2.30. The highest BCUT2D eigenvalue weighted by molar-refractivity contribution is 5.48. The van der Waals surface area contributed by atoms with Gasteiger partial charge in [-0.2, -0.15) is 0 Å². The number of terminal acetylenes is 1. The average molecular weight is 228 g/mol. The van der Waals surface area contributed by atoms with Crippen molar-refractivity contribution in [3.05, 3.63) is 29.3 Å². The molecule has 0 unspecified atom stereocenters. The summed E-state index contributed by atoms with van der Waals surface area (Å²) in [4.78, 5) is 2.32. The fourth-order valence-electron chi connectivity index (χ4n) is 2.09. The van der Waals surface area contributed by atoms with Crippen LogP contribution in [0.5, 0.6) is 0 Å². The van der Waals surface area contributed by atoms with Crippen LogP contribution >= 0.6 is 0 Å². The van der Waals surface area contributed by atoms with Crippen LogP contribution in [0.3, 0.4) is 0 Å². The Labute approximate surface area is 104 Å². The number of aryl methyl sites for hydroxylation is 1. The van der Waals surface area contributed by atoms with E-state index in [0.29, 0.717) is 6.54 Å². The monoisotopic (exact) mass is 228 g/mol. The molecule has 17 heavy (non-hydrogen) atoms. The SMILES string of the molecule is C#CCN(Cc1cc(C)ccc1N)CC1CC1. The van der Waals surface area contributed by atoms with Crippen molar-refractivity contribution in [2.24, 2.45) is 5.92 Å². The van der Waals surface area contributed by atoms with Gasteiger partial charge < -0.3 is 5.73 Å². The maximum Gasteiger partial charge on any atom is 0.0601 e. The van der Waals surface area contributed by atoms with Crippen LogP contribution in [0.25, 0.3) is 0 Å². The predicted octanol–water partition coefficient (Wildman–Crippen LogP) is 2.42. The number of anilines is 1. The Morgan fingerprint density at radius 2 is 2.24 bits per heavy atom. The Morgan fingerprint density at radius 1 is 1.47 bits per heavy atom. The van der Waals surface area contributed by atoms with Gasteiger partial charge >= 0.3 is 0 Å². The van der Waals surface area contributed by atoms with Crippen LogP contribution in [-0.2, 0) is 6.54 Å². The summed E-state index contributed by atoms with van der Waals surface area (Å²) in [6, 6.07) is 6.19. The number of hydrogen-bond donors (Lipinski definition) is 1. The molecule has 0 radical (unpaired) electrons. The van der Waals surface area contributed by atoms with Crippen LogP contribution in [0.15, 0.2) is 18.2 Å². The minimum absolute atomic E-state index is 0.712. The molecular weight excluding hydrogens is 208 g/mol. The van der Waals surface area contributed by atoms with E-state index >= 15 is 0 Å². The lowest BCUT2D eigenvalue weighted by Crippen LogP contribution is -2.26. The zero-order valence-electron chi connectivity index (χ0n) is 10.4. The van der Waals surface area contributed by atoms with Crippen molar-refractivity contribution in [2.75, 3.05) is 18.8 Å². The van der Waals surface area contributed by atoms with Crippen LogP contribution in [0.1, 0.15) is 24.0 Å². The first kappa shape index (κ1) is 12.0. The van der Waals surface area contributed by atoms with Crippen molar-refractivity contribution >= 4 is 5.69 Å². The van der Waals surface area contributed by atoms with E-state index in [0.717, 1.165) is 24.7 Å². The molecule has 2 nitrogen and oxygen atoms in total. The molecule has 0 amide bonds. The summed E-state index contributed by atoms with van der Waals surface area (Å²) in [5, 5.41) is 0. The summed E-state index contributed by atoms with van der Waals surface area (Å²) in [5.74, 6) is 3.60. The van der Waals surface area contributed by atoms with Crippen LogP contribution < -0.4 is 5.73 Å². The molecule has 0 heterocycles. The first-order chi connectivity index (χ1) is 8.19. The highest BCUT2D eigenvalue weighted by Gasteiger charge is 2.24. The summed E-state index contributed by atoms with van der Waals surface area (Å²) in [5.41, 5.74) is 9.32. The van der Waals surface area contributed by atoms with E-state index in [1.54, 1.807) is 0 Å². The second kappa shape index (κ2) is 5.25. The predicted molar refractivity (Wildman–Crippen MR) is 72.4 cm³/mol. The van der Waals surface area contributed by atoms with Crippen molar-refractivity contribution in [2.45, 2.75) is 26.3 Å². The maximum absolute atomic E-state index is 6.00. The van der Waals surface area contributed by atoms with E-state index < -0.39 is 0 Å². The number of nitrogen functional groups attached to an aromatic ring is 1. The van der Waals surface area contributed by atoms with Crippen LogP contribution in [0.2, 0.25) is 0 Å². The van der Waals surface area contributed by atoms with Crippen LogP contribution in [-0.4, -0.2) is 18.0 Å². The van der Waals surface area contributed by atoms with Gasteiger partial charge in [-0.3, -0.25) is 4.90 Å². The Morgan fingerprint density at radius 3 is 2.88 bits per heavy atom. The van der Waals surface area contributed by atoms with Gasteiger partial charge in [0.1, 0.15) is 0 Å². The van der Waals surface area contributed by atoms with Gasteiger partial charge in [0.05, 0.1) is 6.54 Å². The van der Waals surface area contributed by atoms with E-state index in [2.05, 4.69) is 23.8 Å². The first-order valence-corrected chi connectivity index (χ1v) is 6.20. The molecule has 2 N–H and O–H groups in total. The van der Waals surface area contributed by atoms with Crippen molar-refractivity contribution in [3.63, 3.8) is 0 Å². The molecule has 2 rings (SSSR count). The molecule has 1 saturated carbocycles. The van der Waals surface area contributed by atoms with E-state index in [-0.39, 0.29) is 0 Å². The van der Waals surface area contributed by atoms with Crippen molar-refractivity contribution in [1.82, 2.24) is 4.90 Å². The van der Waals surface area contributed by atoms with Gasteiger partial charge in [0.2, 0.25) is 0 Å². The molecule has 1 aliphatic rings. The zero-order chi connectivity index (χ0) is 12.3. The number of benzene rings is 1. The molecule has 90 valence electrons. The normalized spacial score (nSPS) is 14.9. The van der Waals surface area contributed by atoms with Gasteiger partial charge in [0.15, 0.2) is 0 Å². The lowest BCUT2D eigenvalue weighted by Gasteiger charge is -2.20. The summed E-state index contributed by atoms with van der Waals surface area (Å²) in [6.45, 7) is 4.78. The van der Waals surface area contributed by atoms with E-state index in [4.69, 9.17) is 12.2 Å². The van der Waals surface area contributed by atoms with Crippen molar-refractivity contribution in [3.8, 4) is 12.3 Å². The van der Waals surface area contributed by atoms with Gasteiger partial charge in [-0.25, -0.2) is 0 Å². The van der Waals surface area contributed by atoms with Crippen molar-refractivity contribution < 1.29 is 0 Å². The highest BCUT2D eigenvalue weighted by atomic mass is 15.1. The number of hydrogen-bond acceptors (Lipinski definition) is 2. The minimum atomic E-state index is 0.712. The standard InChI is InChI=1S/C15H20N2/c1-3-8-17(10-13-5-6-13)11-14-9-12(2)4-7-15(14)16/h1,4,7,9,13H,5-6,8,10-11,16H2,2H3. The van der Waals surface area contributed by atoms with E-state index in [9.17, 15) is 0 Å². The van der Waals surface area contributed by atoms with Gasteiger partial charge in [-0.05, 0) is 37.3 Å². The average Bonchev–Trinajstić information content (AvgIpc) is 3.08. The Balaban J connectivity index is 2.04. The zero-order valence-corrected chi connectivity index (χ0v) is 10.4. The molecule has 1 aromatic rings. The third-order valence-electron chi connectivity index (χ3n) is 3.22. The summed E-state index contributed by atoms with van der Waals surface area (Å²) < 4.78 is 0. The lowest BCUT2D eigenvalue weighted by atomic mass is 10.1. The minimum Gasteiger partial charge on any atom is -0.398 e. The van der Waals surface area contributed by atoms with E-state index in [1.807, 2.05) is 12.1 Å². The molecule has 0 spiro atoms. The van der Waals surface area contributed by atoms with Gasteiger partial charge in [-0.15, -0.1) is 6.42 Å². The van der Waals surface area contributed by atoms with Crippen LogP contribution in [0.4, 0.5) is 5.69 Å². The third kappa shape index (κ3) is 3.51. The molecule has 0 aliphatic heterocycles. The van der Waals surface area contributed by atoms with Gasteiger partial charge in [-0.1, -0.05) is 23.6 Å². The summed E-state index contributed by atoms with van der Waals surface area (Å²) in [6.07, 6.45) is 8.13. The van der Waals surface area contributed by atoms with Crippen molar-refractivity contribution in [1.29, 1.82) is 0 Å². The fourth-order valence-corrected chi connectivity index (χ4v) is 2.09. The number of nitrogens with two attached hydrogens (primary N) is 1. The number of nitrogens with zero attached hydrogens (tertiary/aromatic N) is 1. The summed E-state index contributed by atoms with van der Waals surface area (Å²) in [7, 11) is 0. The third-order valence-corrected chi connectivity index (χ3v) is 3.22. The first-order valence-electron chi connectivity index (χ1n) is 6.20. The van der Waals surface area contributed by atoms with E-state index in [1.165, 1.54) is 24.0 Å². The van der Waals surface area contributed by atoms with Crippen LogP contribution in [0, 0.1) is 25.2 Å². The largest absolute Gasteiger partial charge is 0.398 e. The quantitative estimate of drug-likeness (QED) is 0.619. The Hall–Kier alpha value is -1.46. The fraction of sp³-hybridized carbons (Fsp3) is 0.467. The topological polar surface area (TPSA) is 29.3 Å². The maximum atomic E-state index is 6.00. The lowest BCUT2D eigenvalue weighted by molar-refractivity contribution is 0.287. The van der Waals surface area contributed by atoms with Gasteiger partial charge in [0, 0.05) is 18.8 Å². The second-order valence-electron chi connectivity index (χ2n) is 5.02. The number of rotatable bonds is 5. The summed E-state index contributed by atoms with van der Waals surface area (Å²) >= 11 is 0. The molecular formula is C15H20N2. The molecule has 0 saturated heterocycles. The molecule has 1 aromatic carbocycles. The molecule has 2 heteroatoms. The van der Waals surface area contributed by atoms with Gasteiger partial charge in [0.25, 0.3) is 0 Å². The molecule has 0 bridgehead atoms. The molecule has 0 atom stereocenters. The Kier molecular flexibility index (Phi) is 3.71. The second-order valence-corrected chi connectivity index (χ2v) is 5.02. The molecule has 1 fully saturated rings.